The van der Waals surface area contributed by atoms with E-state index in [4.69, 9.17) is 23.1 Å². The summed E-state index contributed by atoms with van der Waals surface area (Å²) in [5.41, 5.74) is 16.0. The van der Waals surface area contributed by atoms with Crippen molar-refractivity contribution in [2.75, 3.05) is 18.8 Å². The fraction of sp³-hybridized carbons (Fsp3) is 0.250. The van der Waals surface area contributed by atoms with E-state index in [2.05, 4.69) is 11.0 Å². The molecule has 1 aliphatic rings. The van der Waals surface area contributed by atoms with Gasteiger partial charge < -0.3 is 11.5 Å². The van der Waals surface area contributed by atoms with Crippen molar-refractivity contribution in [2.24, 2.45) is 5.73 Å². The highest BCUT2D eigenvalue weighted by atomic mass is 35.5. The fourth-order valence-corrected chi connectivity index (χ4v) is 2.83. The van der Waals surface area contributed by atoms with Crippen LogP contribution in [0.25, 0.3) is 11.1 Å². The molecular weight excluding hydrogens is 270 g/mol. The van der Waals surface area contributed by atoms with Gasteiger partial charge in [-0.25, -0.2) is 0 Å². The lowest BCUT2D eigenvalue weighted by Gasteiger charge is -2.36. The number of benzene rings is 2. The summed E-state index contributed by atoms with van der Waals surface area (Å²) >= 11 is 6.05. The Kier molecular flexibility index (Phi) is 3.66. The van der Waals surface area contributed by atoms with Crippen molar-refractivity contribution in [2.45, 2.75) is 12.6 Å². The number of anilines is 1. The molecule has 0 unspecified atom stereocenters. The van der Waals surface area contributed by atoms with Crippen LogP contribution in [0.2, 0.25) is 5.02 Å². The van der Waals surface area contributed by atoms with Crippen molar-refractivity contribution in [1.29, 1.82) is 0 Å². The minimum absolute atomic E-state index is 0.323. The molecule has 0 amide bonds. The third-order valence-corrected chi connectivity index (χ3v) is 3.80. The maximum absolute atomic E-state index is 6.05. The van der Waals surface area contributed by atoms with Crippen LogP contribution in [-0.4, -0.2) is 24.0 Å². The van der Waals surface area contributed by atoms with Crippen LogP contribution < -0.4 is 11.5 Å². The molecule has 1 aliphatic heterocycles. The standard InChI is InChI=1S/C16H18ClN3/c17-14-3-1-2-12(6-14)13-4-11(5-15(18)7-13)8-20-9-16(19)10-20/h1-7,16H,8-10,18-19H2. The molecule has 104 valence electrons. The maximum Gasteiger partial charge on any atom is 0.0412 e. The van der Waals surface area contributed by atoms with Gasteiger partial charge in [0.2, 0.25) is 0 Å². The average molecular weight is 288 g/mol. The zero-order chi connectivity index (χ0) is 14.1. The Balaban J connectivity index is 1.86. The molecule has 0 aromatic heterocycles. The van der Waals surface area contributed by atoms with Gasteiger partial charge in [0, 0.05) is 36.4 Å². The Morgan fingerprint density at radius 2 is 1.90 bits per heavy atom. The highest BCUT2D eigenvalue weighted by molar-refractivity contribution is 6.30. The second-order valence-corrected chi connectivity index (χ2v) is 5.86. The number of hydrogen-bond donors (Lipinski definition) is 2. The average Bonchev–Trinajstić information content (AvgIpc) is 2.36. The lowest BCUT2D eigenvalue weighted by molar-refractivity contribution is 0.142. The summed E-state index contributed by atoms with van der Waals surface area (Å²) in [5, 5.41) is 0.736. The molecule has 3 rings (SSSR count). The van der Waals surface area contributed by atoms with Crippen LogP contribution in [0.5, 0.6) is 0 Å². The van der Waals surface area contributed by atoms with Crippen LogP contribution in [-0.2, 0) is 6.54 Å². The molecule has 0 saturated carbocycles. The van der Waals surface area contributed by atoms with Gasteiger partial charge in [-0.15, -0.1) is 0 Å². The number of hydrogen-bond acceptors (Lipinski definition) is 3. The zero-order valence-electron chi connectivity index (χ0n) is 11.2. The van der Waals surface area contributed by atoms with Gasteiger partial charge in [-0.05, 0) is 47.0 Å². The predicted octanol–water partition coefficient (Wildman–Crippen LogP) is 2.73. The van der Waals surface area contributed by atoms with Crippen molar-refractivity contribution in [3.05, 3.63) is 53.1 Å². The molecule has 2 aromatic carbocycles. The van der Waals surface area contributed by atoms with E-state index in [9.17, 15) is 0 Å². The number of halogens is 1. The number of likely N-dealkylation sites (tertiary alicyclic amines) is 1. The Bertz CT molecular complexity index is 621. The molecule has 2 aromatic rings. The molecule has 0 aliphatic carbocycles. The molecular formula is C16H18ClN3. The summed E-state index contributed by atoms with van der Waals surface area (Å²) in [6.07, 6.45) is 0. The lowest BCUT2D eigenvalue weighted by atomic mass is 10.0. The van der Waals surface area contributed by atoms with E-state index in [1.165, 1.54) is 5.56 Å². The van der Waals surface area contributed by atoms with Gasteiger partial charge in [-0.1, -0.05) is 23.7 Å². The van der Waals surface area contributed by atoms with E-state index >= 15 is 0 Å². The zero-order valence-corrected chi connectivity index (χ0v) is 12.0. The largest absolute Gasteiger partial charge is 0.399 e. The van der Waals surface area contributed by atoms with E-state index in [1.54, 1.807) is 0 Å². The molecule has 1 saturated heterocycles. The highest BCUT2D eigenvalue weighted by Gasteiger charge is 2.22. The van der Waals surface area contributed by atoms with Gasteiger partial charge in [-0.2, -0.15) is 0 Å². The highest BCUT2D eigenvalue weighted by Crippen LogP contribution is 2.27. The Hall–Kier alpha value is -1.55. The van der Waals surface area contributed by atoms with E-state index < -0.39 is 0 Å². The molecule has 0 atom stereocenters. The topological polar surface area (TPSA) is 55.3 Å². The molecule has 20 heavy (non-hydrogen) atoms. The van der Waals surface area contributed by atoms with Crippen molar-refractivity contribution >= 4 is 17.3 Å². The van der Waals surface area contributed by atoms with Crippen molar-refractivity contribution in [1.82, 2.24) is 4.90 Å². The summed E-state index contributed by atoms with van der Waals surface area (Å²) in [4.78, 5) is 2.32. The first-order chi connectivity index (χ1) is 9.60. The van der Waals surface area contributed by atoms with Crippen LogP contribution in [0.4, 0.5) is 5.69 Å². The molecule has 0 spiro atoms. The monoisotopic (exact) mass is 287 g/mol. The van der Waals surface area contributed by atoms with Crippen molar-refractivity contribution in [3.8, 4) is 11.1 Å². The third-order valence-electron chi connectivity index (χ3n) is 3.56. The van der Waals surface area contributed by atoms with Gasteiger partial charge in [0.05, 0.1) is 0 Å². The van der Waals surface area contributed by atoms with Gasteiger partial charge in [-0.3, -0.25) is 4.90 Å². The Morgan fingerprint density at radius 3 is 2.60 bits per heavy atom. The van der Waals surface area contributed by atoms with Crippen LogP contribution >= 0.6 is 11.6 Å². The molecule has 4 N–H and O–H groups in total. The molecule has 0 radical (unpaired) electrons. The summed E-state index contributed by atoms with van der Waals surface area (Å²) < 4.78 is 0. The van der Waals surface area contributed by atoms with Gasteiger partial charge in [0.25, 0.3) is 0 Å². The first kappa shape index (κ1) is 13.4. The number of rotatable bonds is 3. The van der Waals surface area contributed by atoms with E-state index in [0.29, 0.717) is 6.04 Å². The lowest BCUT2D eigenvalue weighted by Crippen LogP contribution is -2.54. The van der Waals surface area contributed by atoms with E-state index in [-0.39, 0.29) is 0 Å². The molecule has 0 bridgehead atoms. The number of nitrogen functional groups attached to an aromatic ring is 1. The van der Waals surface area contributed by atoms with Gasteiger partial charge in [0.15, 0.2) is 0 Å². The predicted molar refractivity (Wildman–Crippen MR) is 84.6 cm³/mol. The van der Waals surface area contributed by atoms with Crippen LogP contribution in [0.1, 0.15) is 5.56 Å². The van der Waals surface area contributed by atoms with E-state index in [0.717, 1.165) is 41.5 Å². The summed E-state index contributed by atoms with van der Waals surface area (Å²) in [7, 11) is 0. The summed E-state index contributed by atoms with van der Waals surface area (Å²) in [6, 6.07) is 14.3. The van der Waals surface area contributed by atoms with Crippen LogP contribution in [0.3, 0.4) is 0 Å². The normalized spacial score (nSPS) is 16.1. The fourth-order valence-electron chi connectivity index (χ4n) is 2.64. The van der Waals surface area contributed by atoms with Gasteiger partial charge in [0.1, 0.15) is 0 Å². The second-order valence-electron chi connectivity index (χ2n) is 5.43. The number of nitrogens with two attached hydrogens (primary N) is 2. The quantitative estimate of drug-likeness (QED) is 0.854. The number of nitrogens with zero attached hydrogens (tertiary/aromatic N) is 1. The summed E-state index contributed by atoms with van der Waals surface area (Å²) in [6.45, 7) is 2.81. The molecule has 1 heterocycles. The SMILES string of the molecule is Nc1cc(CN2CC(N)C2)cc(-c2cccc(Cl)c2)c1. The maximum atomic E-state index is 6.05. The van der Waals surface area contributed by atoms with E-state index in [1.807, 2.05) is 36.4 Å². The minimum atomic E-state index is 0.323. The first-order valence-corrected chi connectivity index (χ1v) is 7.11. The molecule has 1 fully saturated rings. The Morgan fingerprint density at radius 1 is 1.10 bits per heavy atom. The molecule has 3 nitrogen and oxygen atoms in total. The second kappa shape index (κ2) is 5.44. The Labute approximate surface area is 124 Å². The van der Waals surface area contributed by atoms with Crippen LogP contribution in [0, 0.1) is 0 Å². The minimum Gasteiger partial charge on any atom is -0.399 e. The van der Waals surface area contributed by atoms with Crippen LogP contribution in [0.15, 0.2) is 42.5 Å². The van der Waals surface area contributed by atoms with Crippen molar-refractivity contribution in [3.63, 3.8) is 0 Å². The van der Waals surface area contributed by atoms with Gasteiger partial charge >= 0.3 is 0 Å². The summed E-state index contributed by atoms with van der Waals surface area (Å²) in [5.74, 6) is 0. The smallest absolute Gasteiger partial charge is 0.0412 e. The first-order valence-electron chi connectivity index (χ1n) is 6.73. The molecule has 4 heteroatoms. The van der Waals surface area contributed by atoms with Crippen molar-refractivity contribution < 1.29 is 0 Å². The third kappa shape index (κ3) is 2.96.